The van der Waals surface area contributed by atoms with Crippen LogP contribution in [0, 0.1) is 0 Å². The largest absolute Gasteiger partial charge is 0.497 e. The summed E-state index contributed by atoms with van der Waals surface area (Å²) in [5.74, 6) is 2.38. The zero-order valence-electron chi connectivity index (χ0n) is 17.3. The minimum atomic E-state index is -0.0998. The molecule has 0 bridgehead atoms. The van der Waals surface area contributed by atoms with Gasteiger partial charge in [0.25, 0.3) is 0 Å². The highest BCUT2D eigenvalue weighted by Crippen LogP contribution is 2.46. The molecular weight excluding hydrogens is 382 g/mol. The normalized spacial score (nSPS) is 13.0. The number of aromatic amines is 1. The summed E-state index contributed by atoms with van der Waals surface area (Å²) in [4.78, 5) is 12.8. The predicted octanol–water partition coefficient (Wildman–Crippen LogP) is 4.16. The van der Waals surface area contributed by atoms with Crippen LogP contribution in [-0.4, -0.2) is 37.4 Å². The zero-order chi connectivity index (χ0) is 21.1. The molecule has 7 heteroatoms. The first-order valence-corrected chi connectivity index (χ1v) is 9.86. The highest BCUT2D eigenvalue weighted by molar-refractivity contribution is 5.97. The average molecular weight is 407 g/mol. The van der Waals surface area contributed by atoms with Gasteiger partial charge in [0, 0.05) is 17.5 Å². The molecule has 1 heterocycles. The van der Waals surface area contributed by atoms with Crippen LogP contribution in [0.25, 0.3) is 11.3 Å². The van der Waals surface area contributed by atoms with Gasteiger partial charge in [-0.3, -0.25) is 9.89 Å². The molecule has 156 valence electrons. The topological polar surface area (TPSA) is 85.5 Å². The summed E-state index contributed by atoms with van der Waals surface area (Å²) >= 11 is 0. The molecule has 4 rings (SSSR count). The molecule has 0 atom stereocenters. The van der Waals surface area contributed by atoms with Crippen molar-refractivity contribution in [1.82, 2.24) is 10.2 Å². The predicted molar refractivity (Wildman–Crippen MR) is 114 cm³/mol. The molecule has 1 fully saturated rings. The number of methoxy groups -OCH3 is 3. The van der Waals surface area contributed by atoms with Crippen molar-refractivity contribution < 1.29 is 19.0 Å². The van der Waals surface area contributed by atoms with Crippen LogP contribution in [0.3, 0.4) is 0 Å². The molecule has 2 aromatic carbocycles. The first kappa shape index (κ1) is 19.8. The highest BCUT2D eigenvalue weighted by Gasteiger charge is 2.31. The van der Waals surface area contributed by atoms with Crippen molar-refractivity contribution in [2.75, 3.05) is 26.6 Å². The molecule has 0 radical (unpaired) electrons. The molecule has 1 aromatic heterocycles. The van der Waals surface area contributed by atoms with Gasteiger partial charge in [0.15, 0.2) is 0 Å². The molecule has 3 aromatic rings. The second-order valence-corrected chi connectivity index (χ2v) is 7.27. The van der Waals surface area contributed by atoms with Gasteiger partial charge < -0.3 is 19.5 Å². The van der Waals surface area contributed by atoms with Gasteiger partial charge in [-0.2, -0.15) is 5.10 Å². The van der Waals surface area contributed by atoms with Crippen LogP contribution in [0.1, 0.15) is 30.0 Å². The van der Waals surface area contributed by atoms with Crippen molar-refractivity contribution in [3.05, 3.63) is 53.7 Å². The van der Waals surface area contributed by atoms with E-state index < -0.39 is 0 Å². The Morgan fingerprint density at radius 2 is 1.73 bits per heavy atom. The van der Waals surface area contributed by atoms with E-state index in [4.69, 9.17) is 14.2 Å². The Morgan fingerprint density at radius 1 is 1.03 bits per heavy atom. The van der Waals surface area contributed by atoms with Gasteiger partial charge >= 0.3 is 0 Å². The van der Waals surface area contributed by atoms with E-state index in [0.717, 1.165) is 41.1 Å². The van der Waals surface area contributed by atoms with Crippen LogP contribution in [0.15, 0.2) is 42.5 Å². The van der Waals surface area contributed by atoms with Crippen LogP contribution < -0.4 is 19.5 Å². The van der Waals surface area contributed by atoms with Gasteiger partial charge in [0.2, 0.25) is 5.91 Å². The fraction of sp³-hybridized carbons (Fsp3) is 0.304. The van der Waals surface area contributed by atoms with E-state index >= 15 is 0 Å². The molecule has 0 saturated heterocycles. The molecule has 1 aliphatic rings. The van der Waals surface area contributed by atoms with Gasteiger partial charge in [0.05, 0.1) is 39.1 Å². The molecule has 7 nitrogen and oxygen atoms in total. The minimum Gasteiger partial charge on any atom is -0.497 e. The second kappa shape index (κ2) is 8.49. The third-order valence-corrected chi connectivity index (χ3v) is 5.23. The smallest absolute Gasteiger partial charge is 0.228 e. The second-order valence-electron chi connectivity index (χ2n) is 7.27. The lowest BCUT2D eigenvalue weighted by Gasteiger charge is -2.12. The molecule has 1 saturated carbocycles. The number of hydrogen-bond donors (Lipinski definition) is 2. The lowest BCUT2D eigenvalue weighted by atomic mass is 10.1. The van der Waals surface area contributed by atoms with Gasteiger partial charge in [-0.15, -0.1) is 0 Å². The first-order valence-electron chi connectivity index (χ1n) is 9.86. The van der Waals surface area contributed by atoms with E-state index in [2.05, 4.69) is 15.5 Å². The maximum Gasteiger partial charge on any atom is 0.228 e. The fourth-order valence-corrected chi connectivity index (χ4v) is 3.45. The summed E-state index contributed by atoms with van der Waals surface area (Å²) in [6.07, 6.45) is 2.43. The number of amides is 1. The summed E-state index contributed by atoms with van der Waals surface area (Å²) in [6.45, 7) is 0. The Hall–Kier alpha value is -3.48. The van der Waals surface area contributed by atoms with Gasteiger partial charge in [-0.1, -0.05) is 12.1 Å². The minimum absolute atomic E-state index is 0.0998. The highest BCUT2D eigenvalue weighted by atomic mass is 16.5. The molecule has 0 aliphatic heterocycles. The number of rotatable bonds is 8. The number of carbonyl (C=O) groups is 1. The van der Waals surface area contributed by atoms with Crippen molar-refractivity contribution in [1.29, 1.82) is 0 Å². The Morgan fingerprint density at radius 3 is 2.37 bits per heavy atom. The number of nitrogens with one attached hydrogen (secondary N) is 2. The van der Waals surface area contributed by atoms with Gasteiger partial charge in [-0.25, -0.2) is 0 Å². The summed E-state index contributed by atoms with van der Waals surface area (Å²) in [5.41, 5.74) is 4.06. The Bertz CT molecular complexity index is 1040. The van der Waals surface area contributed by atoms with Crippen molar-refractivity contribution >= 4 is 11.6 Å². The average Bonchev–Trinajstić information content (AvgIpc) is 3.54. The van der Waals surface area contributed by atoms with Crippen LogP contribution in [0.4, 0.5) is 5.69 Å². The van der Waals surface area contributed by atoms with E-state index in [9.17, 15) is 4.79 Å². The van der Waals surface area contributed by atoms with Crippen molar-refractivity contribution in [3.8, 4) is 28.5 Å². The zero-order valence-corrected chi connectivity index (χ0v) is 17.3. The third-order valence-electron chi connectivity index (χ3n) is 5.23. The lowest BCUT2D eigenvalue weighted by Crippen LogP contribution is -2.15. The van der Waals surface area contributed by atoms with E-state index in [-0.39, 0.29) is 12.3 Å². The SMILES string of the molecule is COc1ccc(CC(=O)Nc2c(-c3ccc(OC)cc3OC)n[nH]c2C2CC2)cc1. The van der Waals surface area contributed by atoms with Crippen LogP contribution in [0.2, 0.25) is 0 Å². The van der Waals surface area contributed by atoms with Gasteiger partial charge in [0.1, 0.15) is 22.9 Å². The lowest BCUT2D eigenvalue weighted by molar-refractivity contribution is -0.115. The number of hydrogen-bond acceptors (Lipinski definition) is 5. The van der Waals surface area contributed by atoms with E-state index in [1.807, 2.05) is 42.5 Å². The number of anilines is 1. The van der Waals surface area contributed by atoms with Crippen LogP contribution >= 0.6 is 0 Å². The number of nitrogens with zero attached hydrogens (tertiary/aromatic N) is 1. The standard InChI is InChI=1S/C23H25N3O4/c1-28-16-8-4-14(5-9-16)12-20(27)24-23-21(15-6-7-15)25-26-22(23)18-11-10-17(29-2)13-19(18)30-3/h4-5,8-11,13,15H,6-7,12H2,1-3H3,(H,24,27)(H,25,26). The van der Waals surface area contributed by atoms with Crippen molar-refractivity contribution in [2.45, 2.75) is 25.2 Å². The summed E-state index contributed by atoms with van der Waals surface area (Å²) in [6, 6.07) is 13.0. The quantitative estimate of drug-likeness (QED) is 0.586. The van der Waals surface area contributed by atoms with Crippen molar-refractivity contribution in [3.63, 3.8) is 0 Å². The monoisotopic (exact) mass is 407 g/mol. The van der Waals surface area contributed by atoms with Crippen molar-refractivity contribution in [2.24, 2.45) is 0 Å². The maximum absolute atomic E-state index is 12.8. The summed E-state index contributed by atoms with van der Waals surface area (Å²) in [5, 5.41) is 10.7. The Kier molecular flexibility index (Phi) is 5.61. The molecule has 0 unspecified atom stereocenters. The van der Waals surface area contributed by atoms with E-state index in [1.54, 1.807) is 21.3 Å². The molecule has 2 N–H and O–H groups in total. The number of H-pyrrole nitrogens is 1. The van der Waals surface area contributed by atoms with Crippen LogP contribution in [0.5, 0.6) is 17.2 Å². The third kappa shape index (κ3) is 4.10. The maximum atomic E-state index is 12.8. The molecule has 30 heavy (non-hydrogen) atoms. The Balaban J connectivity index is 1.62. The Labute approximate surface area is 175 Å². The summed E-state index contributed by atoms with van der Waals surface area (Å²) in [7, 11) is 4.84. The number of carbonyl (C=O) groups excluding carboxylic acids is 1. The molecule has 1 amide bonds. The molecule has 0 spiro atoms. The molecular formula is C23H25N3O4. The number of benzene rings is 2. The van der Waals surface area contributed by atoms with E-state index in [1.165, 1.54) is 0 Å². The number of aromatic nitrogens is 2. The fourth-order valence-electron chi connectivity index (χ4n) is 3.45. The first-order chi connectivity index (χ1) is 14.6. The van der Waals surface area contributed by atoms with Gasteiger partial charge in [-0.05, 0) is 42.7 Å². The number of ether oxygens (including phenoxy) is 3. The molecule has 1 aliphatic carbocycles. The van der Waals surface area contributed by atoms with E-state index in [0.29, 0.717) is 23.1 Å². The van der Waals surface area contributed by atoms with Crippen LogP contribution in [-0.2, 0) is 11.2 Å². The summed E-state index contributed by atoms with van der Waals surface area (Å²) < 4.78 is 16.0.